The highest BCUT2D eigenvalue weighted by Gasteiger charge is 2.50. The van der Waals surface area contributed by atoms with E-state index in [1.54, 1.807) is 11.8 Å². The van der Waals surface area contributed by atoms with Gasteiger partial charge in [0.15, 0.2) is 0 Å². The number of urea groups is 1. The number of amides is 4. The van der Waals surface area contributed by atoms with E-state index in [9.17, 15) is 14.4 Å². The first kappa shape index (κ1) is 24.5. The molecule has 1 aliphatic heterocycles. The van der Waals surface area contributed by atoms with Crippen molar-refractivity contribution in [2.24, 2.45) is 0 Å². The van der Waals surface area contributed by atoms with Crippen molar-refractivity contribution in [3.8, 4) is 0 Å². The van der Waals surface area contributed by atoms with Crippen molar-refractivity contribution in [3.05, 3.63) is 71.3 Å². The number of benzene rings is 2. The van der Waals surface area contributed by atoms with Crippen LogP contribution in [0.15, 0.2) is 54.6 Å². The minimum atomic E-state index is -1.21. The quantitative estimate of drug-likeness (QED) is 0.680. The molecule has 3 rings (SSSR count). The van der Waals surface area contributed by atoms with Crippen LogP contribution >= 0.6 is 0 Å². The predicted molar refractivity (Wildman–Crippen MR) is 129 cm³/mol. The summed E-state index contributed by atoms with van der Waals surface area (Å²) in [5.41, 5.74) is 1.12. The van der Waals surface area contributed by atoms with Gasteiger partial charge in [0, 0.05) is 12.1 Å². The molecular weight excluding hydrogens is 414 g/mol. The van der Waals surface area contributed by atoms with Gasteiger partial charge in [-0.25, -0.2) is 4.79 Å². The van der Waals surface area contributed by atoms with Gasteiger partial charge in [-0.05, 0) is 49.8 Å². The molecule has 0 unspecified atom stereocenters. The summed E-state index contributed by atoms with van der Waals surface area (Å²) < 4.78 is 0. The monoisotopic (exact) mass is 449 g/mol. The van der Waals surface area contributed by atoms with Crippen LogP contribution in [0, 0.1) is 0 Å². The first-order valence-electron chi connectivity index (χ1n) is 11.3. The number of hydrogen-bond donors (Lipinski definition) is 1. The van der Waals surface area contributed by atoms with Gasteiger partial charge >= 0.3 is 6.03 Å². The Labute approximate surface area is 197 Å². The number of rotatable bonds is 5. The van der Waals surface area contributed by atoms with Crippen molar-refractivity contribution in [2.75, 3.05) is 6.54 Å². The van der Waals surface area contributed by atoms with E-state index in [-0.39, 0.29) is 17.9 Å². The molecule has 0 radical (unpaired) electrons. The summed E-state index contributed by atoms with van der Waals surface area (Å²) in [6, 6.07) is 16.9. The van der Waals surface area contributed by atoms with Crippen LogP contribution in [0.2, 0.25) is 0 Å². The average molecular weight is 450 g/mol. The summed E-state index contributed by atoms with van der Waals surface area (Å²) in [5, 5.41) is 2.80. The lowest BCUT2D eigenvalue weighted by atomic mass is 9.84. The fourth-order valence-electron chi connectivity index (χ4n) is 4.03. The van der Waals surface area contributed by atoms with Crippen molar-refractivity contribution in [1.82, 2.24) is 15.1 Å². The van der Waals surface area contributed by atoms with Crippen LogP contribution in [0.25, 0.3) is 0 Å². The van der Waals surface area contributed by atoms with Gasteiger partial charge < -0.3 is 10.2 Å². The van der Waals surface area contributed by atoms with Gasteiger partial charge in [0.05, 0.1) is 0 Å². The molecule has 1 N–H and O–H groups in total. The molecule has 2 aromatic carbocycles. The largest absolute Gasteiger partial charge is 0.332 e. The third-order valence-electron chi connectivity index (χ3n) is 6.19. The van der Waals surface area contributed by atoms with E-state index in [2.05, 4.69) is 26.1 Å². The van der Waals surface area contributed by atoms with E-state index in [1.165, 1.54) is 0 Å². The molecule has 0 saturated carbocycles. The minimum absolute atomic E-state index is 0.0179. The molecule has 1 fully saturated rings. The molecule has 1 saturated heterocycles. The zero-order valence-electron chi connectivity index (χ0n) is 20.7. The van der Waals surface area contributed by atoms with Gasteiger partial charge in [0.1, 0.15) is 12.1 Å². The maximum absolute atomic E-state index is 13.4. The third-order valence-corrected chi connectivity index (χ3v) is 6.19. The smallest absolute Gasteiger partial charge is 0.325 e. The van der Waals surface area contributed by atoms with Gasteiger partial charge in [-0.1, -0.05) is 75.4 Å². The van der Waals surface area contributed by atoms with Gasteiger partial charge in [0.25, 0.3) is 5.91 Å². The van der Waals surface area contributed by atoms with Gasteiger partial charge in [-0.3, -0.25) is 14.5 Å². The summed E-state index contributed by atoms with van der Waals surface area (Å²) in [6.45, 7) is 14.0. The zero-order valence-corrected chi connectivity index (χ0v) is 20.7. The molecule has 0 bridgehead atoms. The Morgan fingerprint density at radius 2 is 1.52 bits per heavy atom. The summed E-state index contributed by atoms with van der Waals surface area (Å²) in [7, 11) is 0. The minimum Gasteiger partial charge on any atom is -0.332 e. The summed E-state index contributed by atoms with van der Waals surface area (Å²) in [4.78, 5) is 42.2. The fraction of sp³-hybridized carbons (Fsp3) is 0.444. The maximum atomic E-state index is 13.4. The molecular formula is C27H35N3O3. The Bertz CT molecular complexity index is 1030. The number of nitrogens with zero attached hydrogens (tertiary/aromatic N) is 2. The molecule has 6 nitrogen and oxygen atoms in total. The number of nitrogens with one attached hydrogen (secondary N) is 1. The van der Waals surface area contributed by atoms with Crippen molar-refractivity contribution >= 4 is 17.8 Å². The van der Waals surface area contributed by atoms with Crippen LogP contribution in [0.5, 0.6) is 0 Å². The molecule has 1 heterocycles. The predicted octanol–water partition coefficient (Wildman–Crippen LogP) is 4.58. The van der Waals surface area contributed by atoms with E-state index < -0.39 is 23.0 Å². The van der Waals surface area contributed by atoms with E-state index in [0.717, 1.165) is 16.0 Å². The fourth-order valence-corrected chi connectivity index (χ4v) is 4.03. The highest BCUT2D eigenvalue weighted by Crippen LogP contribution is 2.31. The molecule has 0 spiro atoms. The van der Waals surface area contributed by atoms with Crippen LogP contribution in [-0.2, 0) is 27.1 Å². The van der Waals surface area contributed by atoms with E-state index in [0.29, 0.717) is 12.1 Å². The second kappa shape index (κ2) is 8.65. The number of hydrogen-bond acceptors (Lipinski definition) is 3. The van der Waals surface area contributed by atoms with Gasteiger partial charge in [-0.15, -0.1) is 0 Å². The molecule has 0 aliphatic carbocycles. The SMILES string of the molecule is CC(C)(C)c1ccc([C@@]2(C)NC(=O)N(CC(=O)N(Cc3ccccc3)C(C)(C)C)C2=O)cc1. The average Bonchev–Trinajstić information content (AvgIpc) is 2.95. The molecule has 0 aromatic heterocycles. The Balaban J connectivity index is 1.81. The van der Waals surface area contributed by atoms with Crippen molar-refractivity contribution in [1.29, 1.82) is 0 Å². The van der Waals surface area contributed by atoms with E-state index in [1.807, 2.05) is 75.4 Å². The standard InChI is InChI=1S/C27H35N3O3/c1-25(2,3)20-13-15-21(16-14-20)27(7)23(32)29(24(33)28-27)18-22(31)30(26(4,5)6)17-19-11-9-8-10-12-19/h8-16H,17-18H2,1-7H3,(H,28,33)/t27-/m1/s1. The maximum Gasteiger partial charge on any atom is 0.325 e. The van der Waals surface area contributed by atoms with Gasteiger partial charge in [-0.2, -0.15) is 0 Å². The lowest BCUT2D eigenvalue weighted by molar-refractivity contribution is -0.142. The van der Waals surface area contributed by atoms with Crippen LogP contribution in [0.1, 0.15) is 65.2 Å². The van der Waals surface area contributed by atoms with E-state index >= 15 is 0 Å². The third kappa shape index (κ3) is 5.10. The van der Waals surface area contributed by atoms with E-state index in [4.69, 9.17) is 0 Å². The topological polar surface area (TPSA) is 69.7 Å². The summed E-state index contributed by atoms with van der Waals surface area (Å²) in [6.07, 6.45) is 0. The van der Waals surface area contributed by atoms with Crippen LogP contribution < -0.4 is 5.32 Å². The molecule has 4 amide bonds. The van der Waals surface area contributed by atoms with Crippen LogP contribution in [-0.4, -0.2) is 39.7 Å². The Hall–Kier alpha value is -3.15. The normalized spacial score (nSPS) is 18.9. The molecule has 33 heavy (non-hydrogen) atoms. The van der Waals surface area contributed by atoms with Crippen LogP contribution in [0.3, 0.4) is 0 Å². The van der Waals surface area contributed by atoms with Crippen molar-refractivity contribution in [3.63, 3.8) is 0 Å². The Morgan fingerprint density at radius 1 is 0.939 bits per heavy atom. The number of carbonyl (C=O) groups is 3. The van der Waals surface area contributed by atoms with Crippen molar-refractivity contribution in [2.45, 2.75) is 71.5 Å². The Morgan fingerprint density at radius 3 is 2.03 bits per heavy atom. The first-order valence-corrected chi connectivity index (χ1v) is 11.3. The molecule has 1 aliphatic rings. The van der Waals surface area contributed by atoms with Crippen molar-refractivity contribution < 1.29 is 14.4 Å². The number of carbonyl (C=O) groups excluding carboxylic acids is 3. The Kier molecular flexibility index (Phi) is 6.42. The molecule has 176 valence electrons. The second-order valence-electron chi connectivity index (χ2n) is 10.9. The lowest BCUT2D eigenvalue weighted by Gasteiger charge is -2.36. The first-order chi connectivity index (χ1) is 15.2. The molecule has 6 heteroatoms. The second-order valence-corrected chi connectivity index (χ2v) is 10.9. The highest BCUT2D eigenvalue weighted by molar-refractivity contribution is 6.09. The van der Waals surface area contributed by atoms with Crippen LogP contribution in [0.4, 0.5) is 4.79 Å². The summed E-state index contributed by atoms with van der Waals surface area (Å²) >= 11 is 0. The molecule has 2 aromatic rings. The molecule has 1 atom stereocenters. The lowest BCUT2D eigenvalue weighted by Crippen LogP contribution is -2.50. The highest BCUT2D eigenvalue weighted by atomic mass is 16.2. The zero-order chi connectivity index (χ0) is 24.6. The van der Waals surface area contributed by atoms with Gasteiger partial charge in [0.2, 0.25) is 5.91 Å². The number of imide groups is 1. The summed E-state index contributed by atoms with van der Waals surface area (Å²) in [5.74, 6) is -0.694.